The van der Waals surface area contributed by atoms with E-state index in [-0.39, 0.29) is 17.0 Å². The lowest BCUT2D eigenvalue weighted by molar-refractivity contribution is 0.476. The molecule has 0 fully saturated rings. The zero-order chi connectivity index (χ0) is 12.3. The molecule has 1 aromatic heterocycles. The van der Waals surface area contributed by atoms with Crippen LogP contribution in [-0.4, -0.2) is 30.1 Å². The van der Waals surface area contributed by atoms with Gasteiger partial charge in [0, 0.05) is 19.0 Å². The Kier molecular flexibility index (Phi) is 4.35. The Bertz CT molecular complexity index is 443. The highest BCUT2D eigenvalue weighted by Crippen LogP contribution is 2.11. The zero-order valence-corrected chi connectivity index (χ0v) is 11.1. The van der Waals surface area contributed by atoms with Crippen molar-refractivity contribution < 1.29 is 8.42 Å². The fourth-order valence-electron chi connectivity index (χ4n) is 1.18. The van der Waals surface area contributed by atoms with E-state index in [0.29, 0.717) is 5.88 Å². The summed E-state index contributed by atoms with van der Waals surface area (Å²) in [6, 6.07) is 1.25. The van der Waals surface area contributed by atoms with E-state index in [1.165, 1.54) is 16.9 Å². The van der Waals surface area contributed by atoms with Crippen molar-refractivity contribution in [2.24, 2.45) is 13.0 Å². The summed E-state index contributed by atoms with van der Waals surface area (Å²) in [7, 11) is -1.92. The van der Waals surface area contributed by atoms with E-state index in [0.717, 1.165) is 0 Å². The number of aromatic nitrogens is 2. The molecule has 0 bridgehead atoms. The Morgan fingerprint density at radius 3 is 2.62 bits per heavy atom. The summed E-state index contributed by atoms with van der Waals surface area (Å²) < 4.78 is 27.8. The van der Waals surface area contributed by atoms with Crippen molar-refractivity contribution in [3.63, 3.8) is 0 Å². The normalized spacial score (nSPS) is 16.0. The van der Waals surface area contributed by atoms with Gasteiger partial charge in [-0.25, -0.2) is 13.1 Å². The molecule has 0 aliphatic carbocycles. The fraction of sp³-hybridized carbons (Fsp3) is 0.667. The van der Waals surface area contributed by atoms with Crippen LogP contribution in [0, 0.1) is 5.92 Å². The van der Waals surface area contributed by atoms with Crippen LogP contribution in [0.1, 0.15) is 13.8 Å². The molecule has 16 heavy (non-hydrogen) atoms. The maximum absolute atomic E-state index is 11.9. The van der Waals surface area contributed by atoms with Crippen LogP contribution in [0.5, 0.6) is 0 Å². The first kappa shape index (κ1) is 13.5. The van der Waals surface area contributed by atoms with Gasteiger partial charge in [0.15, 0.2) is 5.03 Å². The second kappa shape index (κ2) is 5.16. The van der Waals surface area contributed by atoms with Gasteiger partial charge in [-0.1, -0.05) is 6.92 Å². The summed E-state index contributed by atoms with van der Waals surface area (Å²) in [5.41, 5.74) is 0. The van der Waals surface area contributed by atoms with Crippen LogP contribution in [0.3, 0.4) is 0 Å². The predicted octanol–water partition coefficient (Wildman–Crippen LogP) is 0.962. The van der Waals surface area contributed by atoms with Gasteiger partial charge < -0.3 is 0 Å². The van der Waals surface area contributed by atoms with Crippen LogP contribution in [0.25, 0.3) is 0 Å². The Morgan fingerprint density at radius 1 is 1.56 bits per heavy atom. The SMILES string of the molecule is CC(CCl)C(C)NS(=O)(=O)c1ccnn1C. The summed E-state index contributed by atoms with van der Waals surface area (Å²) in [6.07, 6.45) is 1.45. The highest BCUT2D eigenvalue weighted by Gasteiger charge is 2.22. The van der Waals surface area contributed by atoms with Gasteiger partial charge in [-0.2, -0.15) is 5.10 Å². The largest absolute Gasteiger partial charge is 0.257 e. The number of alkyl halides is 1. The van der Waals surface area contributed by atoms with Crippen LogP contribution in [0.2, 0.25) is 0 Å². The first-order valence-electron chi connectivity index (χ1n) is 4.94. The van der Waals surface area contributed by atoms with E-state index in [9.17, 15) is 8.42 Å². The second-order valence-corrected chi connectivity index (χ2v) is 5.80. The molecule has 2 atom stereocenters. The lowest BCUT2D eigenvalue weighted by Gasteiger charge is -2.18. The average molecular weight is 266 g/mol. The van der Waals surface area contributed by atoms with E-state index in [2.05, 4.69) is 9.82 Å². The zero-order valence-electron chi connectivity index (χ0n) is 9.51. The number of hydrogen-bond donors (Lipinski definition) is 1. The molecule has 0 radical (unpaired) electrons. The number of rotatable bonds is 5. The summed E-state index contributed by atoms with van der Waals surface area (Å²) in [4.78, 5) is 0. The lowest BCUT2D eigenvalue weighted by atomic mass is 10.1. The number of sulfonamides is 1. The van der Waals surface area contributed by atoms with Crippen molar-refractivity contribution in [3.05, 3.63) is 12.3 Å². The van der Waals surface area contributed by atoms with Crippen LogP contribution in [0.4, 0.5) is 0 Å². The van der Waals surface area contributed by atoms with Gasteiger partial charge in [0.05, 0.1) is 6.20 Å². The van der Waals surface area contributed by atoms with Crippen molar-refractivity contribution in [2.75, 3.05) is 5.88 Å². The van der Waals surface area contributed by atoms with Crippen LogP contribution < -0.4 is 4.72 Å². The third kappa shape index (κ3) is 2.96. The van der Waals surface area contributed by atoms with Gasteiger partial charge in [-0.15, -0.1) is 11.6 Å². The molecule has 2 unspecified atom stereocenters. The van der Waals surface area contributed by atoms with Crippen molar-refractivity contribution in [1.82, 2.24) is 14.5 Å². The first-order valence-corrected chi connectivity index (χ1v) is 6.96. The van der Waals surface area contributed by atoms with Gasteiger partial charge in [-0.05, 0) is 18.9 Å². The molecule has 0 aliphatic heterocycles. The minimum atomic E-state index is -3.51. The summed E-state index contributed by atoms with van der Waals surface area (Å²) >= 11 is 5.68. The predicted molar refractivity (Wildman–Crippen MR) is 62.9 cm³/mol. The fourth-order valence-corrected chi connectivity index (χ4v) is 2.93. The molecule has 0 saturated heterocycles. The van der Waals surface area contributed by atoms with E-state index in [1.54, 1.807) is 14.0 Å². The molecule has 5 nitrogen and oxygen atoms in total. The van der Waals surface area contributed by atoms with Crippen molar-refractivity contribution >= 4 is 21.6 Å². The molecule has 1 heterocycles. The summed E-state index contributed by atoms with van der Waals surface area (Å²) in [5.74, 6) is 0.486. The van der Waals surface area contributed by atoms with Crippen LogP contribution >= 0.6 is 11.6 Å². The van der Waals surface area contributed by atoms with E-state index < -0.39 is 10.0 Å². The highest BCUT2D eigenvalue weighted by molar-refractivity contribution is 7.89. The second-order valence-electron chi connectivity index (χ2n) is 3.83. The van der Waals surface area contributed by atoms with E-state index in [1.807, 2.05) is 6.92 Å². The molecular formula is C9H16ClN3O2S. The smallest absolute Gasteiger partial charge is 0.256 e. The molecule has 0 spiro atoms. The van der Waals surface area contributed by atoms with Gasteiger partial charge in [-0.3, -0.25) is 4.68 Å². The maximum Gasteiger partial charge on any atom is 0.257 e. The Labute approximate surface area is 101 Å². The van der Waals surface area contributed by atoms with Crippen LogP contribution in [-0.2, 0) is 17.1 Å². The molecule has 0 saturated carbocycles. The number of nitrogens with one attached hydrogen (secondary N) is 1. The minimum Gasteiger partial charge on any atom is -0.256 e. The van der Waals surface area contributed by atoms with Gasteiger partial charge in [0.2, 0.25) is 0 Å². The summed E-state index contributed by atoms with van der Waals surface area (Å²) in [5, 5.41) is 3.98. The highest BCUT2D eigenvalue weighted by atomic mass is 35.5. The molecule has 0 aromatic carbocycles. The molecule has 7 heteroatoms. The monoisotopic (exact) mass is 265 g/mol. The number of aryl methyl sites for hydroxylation is 1. The summed E-state index contributed by atoms with van der Waals surface area (Å²) in [6.45, 7) is 3.68. The van der Waals surface area contributed by atoms with Crippen LogP contribution in [0.15, 0.2) is 17.3 Å². The molecule has 0 aliphatic rings. The average Bonchev–Trinajstić information content (AvgIpc) is 2.63. The lowest BCUT2D eigenvalue weighted by Crippen LogP contribution is -2.38. The third-order valence-corrected chi connectivity index (χ3v) is 4.61. The number of halogens is 1. The first-order chi connectivity index (χ1) is 7.38. The maximum atomic E-state index is 11.9. The van der Waals surface area contributed by atoms with Crippen molar-refractivity contribution in [3.8, 4) is 0 Å². The third-order valence-electron chi connectivity index (χ3n) is 2.49. The Balaban J connectivity index is 2.85. The van der Waals surface area contributed by atoms with Gasteiger partial charge in [0.25, 0.3) is 10.0 Å². The number of nitrogens with zero attached hydrogens (tertiary/aromatic N) is 2. The van der Waals surface area contributed by atoms with Gasteiger partial charge in [0.1, 0.15) is 0 Å². The Hall–Kier alpha value is -0.590. The van der Waals surface area contributed by atoms with E-state index in [4.69, 9.17) is 11.6 Å². The van der Waals surface area contributed by atoms with Crippen molar-refractivity contribution in [2.45, 2.75) is 24.9 Å². The topological polar surface area (TPSA) is 64.0 Å². The molecule has 92 valence electrons. The molecule has 1 aromatic rings. The molecule has 1 N–H and O–H groups in total. The number of hydrogen-bond acceptors (Lipinski definition) is 3. The standard InChI is InChI=1S/C9H16ClN3O2S/c1-7(6-10)8(2)12-16(14,15)9-4-5-11-13(9)3/h4-5,7-8,12H,6H2,1-3H3. The molecule has 1 rings (SSSR count). The quantitative estimate of drug-likeness (QED) is 0.807. The van der Waals surface area contributed by atoms with E-state index >= 15 is 0 Å². The molecular weight excluding hydrogens is 250 g/mol. The Morgan fingerprint density at radius 2 is 2.19 bits per heavy atom. The minimum absolute atomic E-state index is 0.0738. The molecule has 0 amide bonds. The van der Waals surface area contributed by atoms with Crippen molar-refractivity contribution in [1.29, 1.82) is 0 Å². The van der Waals surface area contributed by atoms with Gasteiger partial charge >= 0.3 is 0 Å².